The van der Waals surface area contributed by atoms with E-state index < -0.39 is 6.04 Å². The van der Waals surface area contributed by atoms with Crippen LogP contribution in [0.3, 0.4) is 0 Å². The van der Waals surface area contributed by atoms with E-state index in [1.165, 1.54) is 6.07 Å². The van der Waals surface area contributed by atoms with Crippen LogP contribution in [0.5, 0.6) is 5.88 Å². The fourth-order valence-electron chi connectivity index (χ4n) is 4.81. The van der Waals surface area contributed by atoms with Crippen LogP contribution < -0.4 is 10.1 Å². The molecule has 10 nitrogen and oxygen atoms in total. The summed E-state index contributed by atoms with van der Waals surface area (Å²) in [6.07, 6.45) is 8.76. The van der Waals surface area contributed by atoms with Crippen molar-refractivity contribution in [3.05, 3.63) is 84.1 Å². The Morgan fingerprint density at radius 2 is 1.92 bits per heavy atom. The first-order chi connectivity index (χ1) is 18.9. The van der Waals surface area contributed by atoms with Crippen LogP contribution in [0.15, 0.2) is 61.3 Å². The molecule has 1 aromatic carbocycles. The van der Waals surface area contributed by atoms with Crippen molar-refractivity contribution in [2.24, 2.45) is 7.05 Å². The maximum absolute atomic E-state index is 15.4. The minimum Gasteiger partial charge on any atom is -0.481 e. The third-order valence-electron chi connectivity index (χ3n) is 6.76. The number of ether oxygens (including phenoxy) is 1. The molecule has 0 saturated carbocycles. The zero-order valence-corrected chi connectivity index (χ0v) is 21.9. The molecule has 6 aromatic rings. The summed E-state index contributed by atoms with van der Waals surface area (Å²) in [7, 11) is 3.45. The zero-order valence-electron chi connectivity index (χ0n) is 21.9. The number of hydrogen-bond acceptors (Lipinski definition) is 8. The highest BCUT2D eigenvalue weighted by Crippen LogP contribution is 2.31. The molecule has 0 saturated heterocycles. The highest BCUT2D eigenvalue weighted by Gasteiger charge is 2.21. The zero-order chi connectivity index (χ0) is 27.1. The fourth-order valence-corrected chi connectivity index (χ4v) is 4.81. The van der Waals surface area contributed by atoms with E-state index in [0.717, 1.165) is 22.1 Å². The number of fused-ring (bicyclic) bond motifs is 2. The van der Waals surface area contributed by atoms with Crippen LogP contribution in [0.25, 0.3) is 33.3 Å². The molecule has 0 aliphatic heterocycles. The van der Waals surface area contributed by atoms with Crippen molar-refractivity contribution >= 4 is 28.0 Å². The fraction of sp³-hybridized carbons (Fsp3) is 0.214. The molecule has 196 valence electrons. The number of halogens is 1. The van der Waals surface area contributed by atoms with Crippen molar-refractivity contribution in [1.29, 1.82) is 0 Å². The average molecular weight is 524 g/mol. The molecule has 39 heavy (non-hydrogen) atoms. The summed E-state index contributed by atoms with van der Waals surface area (Å²) in [5, 5.41) is 8.35. The van der Waals surface area contributed by atoms with Gasteiger partial charge in [-0.3, -0.25) is 9.67 Å². The van der Waals surface area contributed by atoms with Crippen LogP contribution in [0.1, 0.15) is 29.9 Å². The molecule has 1 atom stereocenters. The van der Waals surface area contributed by atoms with E-state index in [-0.39, 0.29) is 5.82 Å². The normalized spacial score (nSPS) is 12.2. The van der Waals surface area contributed by atoms with Gasteiger partial charge in [-0.05, 0) is 32.0 Å². The number of nitrogens with zero attached hydrogens (tertiary/aromatic N) is 8. The van der Waals surface area contributed by atoms with Gasteiger partial charge in [-0.1, -0.05) is 6.07 Å². The Hall–Kier alpha value is -4.93. The van der Waals surface area contributed by atoms with E-state index in [1.54, 1.807) is 36.6 Å². The molecule has 0 aliphatic carbocycles. The molecule has 5 aromatic heterocycles. The van der Waals surface area contributed by atoms with Gasteiger partial charge in [0.05, 0.1) is 31.1 Å². The van der Waals surface area contributed by atoms with Gasteiger partial charge in [0.25, 0.3) is 0 Å². The molecule has 0 fully saturated rings. The van der Waals surface area contributed by atoms with Gasteiger partial charge >= 0.3 is 0 Å². The molecule has 1 unspecified atom stereocenters. The number of methoxy groups -OCH3 is 1. The molecule has 6 rings (SSSR count). The van der Waals surface area contributed by atoms with Gasteiger partial charge in [-0.2, -0.15) is 5.10 Å². The molecular formula is C28H26FN9O. The minimum atomic E-state index is -0.399. The Morgan fingerprint density at radius 3 is 2.72 bits per heavy atom. The molecular weight excluding hydrogens is 497 g/mol. The van der Waals surface area contributed by atoms with Crippen molar-refractivity contribution < 1.29 is 9.13 Å². The number of pyridine rings is 2. The SMILES string of the molecule is COc1ncccc1CNc1cnc2nc(C)n(C(C)c3cc4cc(-c5cnn(C)c5)cnc4cc3F)c2n1. The Kier molecular flexibility index (Phi) is 6.10. The largest absolute Gasteiger partial charge is 0.481 e. The summed E-state index contributed by atoms with van der Waals surface area (Å²) in [6.45, 7) is 4.25. The van der Waals surface area contributed by atoms with Crippen LogP contribution in [0, 0.1) is 12.7 Å². The second-order valence-electron chi connectivity index (χ2n) is 9.33. The lowest BCUT2D eigenvalue weighted by atomic mass is 10.0. The molecule has 5 heterocycles. The van der Waals surface area contributed by atoms with Crippen LogP contribution in [0.4, 0.5) is 10.2 Å². The van der Waals surface area contributed by atoms with Crippen molar-refractivity contribution in [2.45, 2.75) is 26.4 Å². The number of hydrogen-bond donors (Lipinski definition) is 1. The number of anilines is 1. The maximum Gasteiger partial charge on any atom is 0.218 e. The van der Waals surface area contributed by atoms with Crippen molar-refractivity contribution in [1.82, 2.24) is 39.3 Å². The highest BCUT2D eigenvalue weighted by molar-refractivity contribution is 5.84. The van der Waals surface area contributed by atoms with Crippen LogP contribution >= 0.6 is 0 Å². The van der Waals surface area contributed by atoms with Gasteiger partial charge in [-0.15, -0.1) is 0 Å². The van der Waals surface area contributed by atoms with Gasteiger partial charge in [0, 0.05) is 65.9 Å². The lowest BCUT2D eigenvalue weighted by Gasteiger charge is -2.18. The quantitative estimate of drug-likeness (QED) is 0.316. The Morgan fingerprint density at radius 1 is 1.05 bits per heavy atom. The maximum atomic E-state index is 15.4. The Labute approximate surface area is 223 Å². The first kappa shape index (κ1) is 24.4. The molecule has 11 heteroatoms. The van der Waals surface area contributed by atoms with Crippen LogP contribution in [-0.4, -0.2) is 46.4 Å². The van der Waals surface area contributed by atoms with Crippen LogP contribution in [-0.2, 0) is 13.6 Å². The van der Waals surface area contributed by atoms with E-state index in [4.69, 9.17) is 9.72 Å². The number of nitrogens with one attached hydrogen (secondary N) is 1. The van der Waals surface area contributed by atoms with Crippen molar-refractivity contribution in [3.8, 4) is 17.0 Å². The van der Waals surface area contributed by atoms with E-state index in [9.17, 15) is 0 Å². The number of benzene rings is 1. The molecule has 0 spiro atoms. The summed E-state index contributed by atoms with van der Waals surface area (Å²) in [5.41, 5.74) is 4.89. The Balaban J connectivity index is 1.36. The molecule has 0 aliphatic rings. The van der Waals surface area contributed by atoms with Crippen LogP contribution in [0.2, 0.25) is 0 Å². The summed E-state index contributed by atoms with van der Waals surface area (Å²) < 4.78 is 24.4. The first-order valence-electron chi connectivity index (χ1n) is 12.4. The van der Waals surface area contributed by atoms with E-state index >= 15 is 4.39 Å². The lowest BCUT2D eigenvalue weighted by molar-refractivity contribution is 0.393. The number of aromatic nitrogens is 8. The lowest BCUT2D eigenvalue weighted by Crippen LogP contribution is -2.12. The summed E-state index contributed by atoms with van der Waals surface area (Å²) in [5.74, 6) is 1.45. The topological polar surface area (TPSA) is 108 Å². The molecule has 0 bridgehead atoms. The number of aryl methyl sites for hydroxylation is 2. The predicted molar refractivity (Wildman–Crippen MR) is 146 cm³/mol. The Bertz CT molecular complexity index is 1830. The predicted octanol–water partition coefficient (Wildman–Crippen LogP) is 4.85. The standard InChI is InChI=1S/C28H26FN9O/c1-16(22-9-19-8-20(21-13-34-37(3)15-21)12-31-24(19)10-23(22)29)38-17(2)35-26-27(38)36-25(14-33-26)32-11-18-6-5-7-30-28(18)39-4/h5-10,12-16H,11H2,1-4H3,(H,32,36). The summed E-state index contributed by atoms with van der Waals surface area (Å²) in [4.78, 5) is 22.6. The highest BCUT2D eigenvalue weighted by atomic mass is 19.1. The minimum absolute atomic E-state index is 0.344. The number of rotatable bonds is 7. The van der Waals surface area contributed by atoms with E-state index in [1.807, 2.05) is 55.9 Å². The third-order valence-corrected chi connectivity index (χ3v) is 6.76. The van der Waals surface area contributed by atoms with Gasteiger partial charge in [-0.25, -0.2) is 24.3 Å². The molecule has 1 N–H and O–H groups in total. The average Bonchev–Trinajstić information content (AvgIpc) is 3.52. The van der Waals surface area contributed by atoms with Crippen molar-refractivity contribution in [3.63, 3.8) is 0 Å². The van der Waals surface area contributed by atoms with Crippen molar-refractivity contribution in [2.75, 3.05) is 12.4 Å². The van der Waals surface area contributed by atoms with Gasteiger partial charge in [0.2, 0.25) is 5.88 Å². The smallest absolute Gasteiger partial charge is 0.218 e. The van der Waals surface area contributed by atoms with E-state index in [0.29, 0.717) is 46.4 Å². The van der Waals surface area contributed by atoms with Gasteiger partial charge in [0.15, 0.2) is 11.3 Å². The first-order valence-corrected chi connectivity index (χ1v) is 12.4. The van der Waals surface area contributed by atoms with Gasteiger partial charge in [0.1, 0.15) is 17.5 Å². The number of imidazole rings is 1. The molecule has 0 amide bonds. The van der Waals surface area contributed by atoms with E-state index in [2.05, 4.69) is 30.4 Å². The van der Waals surface area contributed by atoms with Gasteiger partial charge < -0.3 is 14.6 Å². The third kappa shape index (κ3) is 4.52. The second-order valence-corrected chi connectivity index (χ2v) is 9.33. The monoisotopic (exact) mass is 523 g/mol. The summed E-state index contributed by atoms with van der Waals surface area (Å²) >= 11 is 0. The second kappa shape index (κ2) is 9.75. The summed E-state index contributed by atoms with van der Waals surface area (Å²) in [6, 6.07) is 8.70. The molecule has 0 radical (unpaired) electrons.